The van der Waals surface area contributed by atoms with Gasteiger partial charge in [0.2, 0.25) is 0 Å². The first-order valence-electron chi connectivity index (χ1n) is 8.91. The highest BCUT2D eigenvalue weighted by molar-refractivity contribution is 5.88. The van der Waals surface area contributed by atoms with Gasteiger partial charge in [-0.15, -0.1) is 0 Å². The van der Waals surface area contributed by atoms with E-state index in [2.05, 4.69) is 9.97 Å². The summed E-state index contributed by atoms with van der Waals surface area (Å²) >= 11 is 0. The number of nitrogens with zero attached hydrogens (tertiary/aromatic N) is 4. The van der Waals surface area contributed by atoms with E-state index >= 15 is 0 Å². The van der Waals surface area contributed by atoms with Crippen molar-refractivity contribution in [3.8, 4) is 28.4 Å². The normalized spacial score (nSPS) is 10.8. The predicted octanol–water partition coefficient (Wildman–Crippen LogP) is 4.02. The number of hydrogen-bond acceptors (Lipinski definition) is 6. The van der Waals surface area contributed by atoms with Gasteiger partial charge in [0.15, 0.2) is 11.5 Å². The van der Waals surface area contributed by atoms with E-state index in [1.807, 2.05) is 79.7 Å². The maximum absolute atomic E-state index is 6.18. The summed E-state index contributed by atoms with van der Waals surface area (Å²) in [7, 11) is 5.66. The van der Waals surface area contributed by atoms with Crippen LogP contribution in [0.4, 0.5) is 11.5 Å². The van der Waals surface area contributed by atoms with Crippen molar-refractivity contribution >= 4 is 22.5 Å². The number of fused-ring (bicyclic) bond motifs is 1. The first-order valence-corrected chi connectivity index (χ1v) is 8.91. The fourth-order valence-corrected chi connectivity index (χ4v) is 2.99. The minimum absolute atomic E-state index is 0.422. The van der Waals surface area contributed by atoms with Crippen LogP contribution in [0.5, 0.6) is 5.75 Å². The molecule has 0 saturated heterocycles. The van der Waals surface area contributed by atoms with Gasteiger partial charge in [0, 0.05) is 30.9 Å². The molecule has 2 heterocycles. The zero-order valence-corrected chi connectivity index (χ0v) is 16.0. The fourth-order valence-electron chi connectivity index (χ4n) is 2.99. The van der Waals surface area contributed by atoms with Gasteiger partial charge >= 0.3 is 0 Å². The molecule has 0 radical (unpaired) electrons. The van der Waals surface area contributed by atoms with Crippen molar-refractivity contribution in [3.05, 3.63) is 60.7 Å². The lowest BCUT2D eigenvalue weighted by atomic mass is 10.1. The summed E-state index contributed by atoms with van der Waals surface area (Å²) in [5, 5.41) is 0.742. The standard InChI is InChI=1S/C22H21N5O/c1-27(2)16-8-4-15(5-9-16)21-25-20(23)18-12-13-19(24-22(18)26-21)14-6-10-17(28-3)11-7-14/h4-13H,1-3H3,(H2,23,24,25,26). The molecule has 0 bridgehead atoms. The Morgan fingerprint density at radius 1 is 0.786 bits per heavy atom. The molecule has 0 aliphatic heterocycles. The van der Waals surface area contributed by atoms with Crippen molar-refractivity contribution in [1.82, 2.24) is 15.0 Å². The molecule has 140 valence electrons. The second-order valence-corrected chi connectivity index (χ2v) is 6.67. The summed E-state index contributed by atoms with van der Waals surface area (Å²) in [5.41, 5.74) is 10.6. The predicted molar refractivity (Wildman–Crippen MR) is 113 cm³/mol. The molecule has 0 aliphatic carbocycles. The van der Waals surface area contributed by atoms with Crippen molar-refractivity contribution in [2.45, 2.75) is 0 Å². The molecule has 0 spiro atoms. The number of nitrogen functional groups attached to an aromatic ring is 1. The number of nitrogens with two attached hydrogens (primary N) is 1. The maximum Gasteiger partial charge on any atom is 0.165 e. The molecule has 0 amide bonds. The van der Waals surface area contributed by atoms with Crippen LogP contribution >= 0.6 is 0 Å². The van der Waals surface area contributed by atoms with Gasteiger partial charge in [0.05, 0.1) is 18.2 Å². The Balaban J connectivity index is 1.77. The minimum Gasteiger partial charge on any atom is -0.497 e. The highest BCUT2D eigenvalue weighted by atomic mass is 16.5. The van der Waals surface area contributed by atoms with Gasteiger partial charge < -0.3 is 15.4 Å². The topological polar surface area (TPSA) is 77.2 Å². The van der Waals surface area contributed by atoms with E-state index in [9.17, 15) is 0 Å². The molecular formula is C22H21N5O. The van der Waals surface area contributed by atoms with Gasteiger partial charge in [-0.2, -0.15) is 0 Å². The highest BCUT2D eigenvalue weighted by Gasteiger charge is 2.10. The summed E-state index contributed by atoms with van der Waals surface area (Å²) in [4.78, 5) is 15.9. The van der Waals surface area contributed by atoms with Gasteiger partial charge in [-0.3, -0.25) is 0 Å². The Morgan fingerprint density at radius 3 is 2.11 bits per heavy atom. The number of anilines is 2. The second kappa shape index (κ2) is 7.15. The average molecular weight is 371 g/mol. The van der Waals surface area contributed by atoms with Gasteiger partial charge in [0.25, 0.3) is 0 Å². The van der Waals surface area contributed by atoms with Crippen LogP contribution in [0.15, 0.2) is 60.7 Å². The Labute approximate surface area is 163 Å². The van der Waals surface area contributed by atoms with Crippen LogP contribution in [0.2, 0.25) is 0 Å². The monoisotopic (exact) mass is 371 g/mol. The average Bonchev–Trinajstić information content (AvgIpc) is 2.73. The second-order valence-electron chi connectivity index (χ2n) is 6.67. The van der Waals surface area contributed by atoms with Crippen LogP contribution in [0, 0.1) is 0 Å². The van der Waals surface area contributed by atoms with Gasteiger partial charge in [0.1, 0.15) is 11.6 Å². The first-order chi connectivity index (χ1) is 13.5. The van der Waals surface area contributed by atoms with E-state index in [4.69, 9.17) is 15.5 Å². The molecule has 0 aliphatic rings. The number of ether oxygens (including phenoxy) is 1. The van der Waals surface area contributed by atoms with Crippen LogP contribution in [-0.2, 0) is 0 Å². The highest BCUT2D eigenvalue weighted by Crippen LogP contribution is 2.27. The van der Waals surface area contributed by atoms with Crippen molar-refractivity contribution in [2.75, 3.05) is 31.8 Å². The molecule has 28 heavy (non-hydrogen) atoms. The number of aromatic nitrogens is 3. The molecule has 0 unspecified atom stereocenters. The summed E-state index contributed by atoms with van der Waals surface area (Å²) in [5.74, 6) is 1.79. The van der Waals surface area contributed by atoms with E-state index in [0.717, 1.165) is 33.6 Å². The molecule has 2 aromatic heterocycles. The van der Waals surface area contributed by atoms with Crippen LogP contribution in [0.1, 0.15) is 0 Å². The van der Waals surface area contributed by atoms with Gasteiger partial charge in [-0.05, 0) is 60.7 Å². The lowest BCUT2D eigenvalue weighted by Gasteiger charge is -2.12. The van der Waals surface area contributed by atoms with Crippen LogP contribution in [-0.4, -0.2) is 36.2 Å². The third-order valence-electron chi connectivity index (χ3n) is 4.62. The molecule has 6 nitrogen and oxygen atoms in total. The molecule has 6 heteroatoms. The van der Waals surface area contributed by atoms with E-state index in [1.54, 1.807) is 7.11 Å². The lowest BCUT2D eigenvalue weighted by Crippen LogP contribution is -2.08. The number of pyridine rings is 1. The maximum atomic E-state index is 6.18. The van der Waals surface area contributed by atoms with Crippen molar-refractivity contribution in [1.29, 1.82) is 0 Å². The zero-order chi connectivity index (χ0) is 19.7. The molecule has 2 aromatic carbocycles. The fraction of sp³-hybridized carbons (Fsp3) is 0.136. The van der Waals surface area contributed by atoms with Crippen LogP contribution in [0.25, 0.3) is 33.7 Å². The summed E-state index contributed by atoms with van der Waals surface area (Å²) < 4.78 is 5.22. The Hall–Kier alpha value is -3.67. The lowest BCUT2D eigenvalue weighted by molar-refractivity contribution is 0.415. The van der Waals surface area contributed by atoms with Crippen molar-refractivity contribution in [3.63, 3.8) is 0 Å². The van der Waals surface area contributed by atoms with E-state index in [-0.39, 0.29) is 0 Å². The largest absolute Gasteiger partial charge is 0.497 e. The molecule has 2 N–H and O–H groups in total. The van der Waals surface area contributed by atoms with E-state index in [1.165, 1.54) is 0 Å². The summed E-state index contributed by atoms with van der Waals surface area (Å²) in [6.45, 7) is 0. The number of rotatable bonds is 4. The van der Waals surface area contributed by atoms with Crippen molar-refractivity contribution in [2.24, 2.45) is 0 Å². The smallest absolute Gasteiger partial charge is 0.165 e. The van der Waals surface area contributed by atoms with Crippen LogP contribution < -0.4 is 15.4 Å². The third-order valence-corrected chi connectivity index (χ3v) is 4.62. The van der Waals surface area contributed by atoms with Crippen LogP contribution in [0.3, 0.4) is 0 Å². The quantitative estimate of drug-likeness (QED) is 0.584. The Morgan fingerprint density at radius 2 is 1.46 bits per heavy atom. The molecule has 4 aromatic rings. The molecule has 0 saturated carbocycles. The molecular weight excluding hydrogens is 350 g/mol. The van der Waals surface area contributed by atoms with E-state index in [0.29, 0.717) is 17.3 Å². The van der Waals surface area contributed by atoms with E-state index < -0.39 is 0 Å². The van der Waals surface area contributed by atoms with Gasteiger partial charge in [-0.1, -0.05) is 0 Å². The number of hydrogen-bond donors (Lipinski definition) is 1. The SMILES string of the molecule is COc1ccc(-c2ccc3c(N)nc(-c4ccc(N(C)C)cc4)nc3n2)cc1. The summed E-state index contributed by atoms with van der Waals surface area (Å²) in [6.07, 6.45) is 0. The Bertz CT molecular complexity index is 1120. The summed E-state index contributed by atoms with van der Waals surface area (Å²) in [6, 6.07) is 19.6. The number of methoxy groups -OCH3 is 1. The zero-order valence-electron chi connectivity index (χ0n) is 16.0. The first kappa shape index (κ1) is 17.7. The molecule has 4 rings (SSSR count). The molecule has 0 atom stereocenters. The minimum atomic E-state index is 0.422. The Kier molecular flexibility index (Phi) is 4.53. The number of benzene rings is 2. The molecule has 0 fully saturated rings. The van der Waals surface area contributed by atoms with Gasteiger partial charge in [-0.25, -0.2) is 15.0 Å². The third kappa shape index (κ3) is 3.32. The van der Waals surface area contributed by atoms with Crippen molar-refractivity contribution < 1.29 is 4.74 Å².